The molecular formula is C16H31IN4S. The summed E-state index contributed by atoms with van der Waals surface area (Å²) < 4.78 is 0. The van der Waals surface area contributed by atoms with Gasteiger partial charge in [0.25, 0.3) is 0 Å². The minimum absolute atomic E-state index is 0. The van der Waals surface area contributed by atoms with E-state index in [-0.39, 0.29) is 24.0 Å². The van der Waals surface area contributed by atoms with E-state index in [1.54, 1.807) is 11.3 Å². The van der Waals surface area contributed by atoms with Crippen LogP contribution in [0.4, 0.5) is 0 Å². The van der Waals surface area contributed by atoms with Gasteiger partial charge in [-0.3, -0.25) is 4.90 Å². The normalized spacial score (nSPS) is 11.9. The van der Waals surface area contributed by atoms with Crippen molar-refractivity contribution in [2.75, 3.05) is 19.6 Å². The summed E-state index contributed by atoms with van der Waals surface area (Å²) in [7, 11) is 0. The molecule has 128 valence electrons. The average Bonchev–Trinajstić information content (AvgIpc) is 2.93. The lowest BCUT2D eigenvalue weighted by atomic mass is 10.2. The molecule has 0 saturated heterocycles. The van der Waals surface area contributed by atoms with Crippen molar-refractivity contribution in [3.8, 4) is 0 Å². The van der Waals surface area contributed by atoms with E-state index in [1.807, 2.05) is 0 Å². The molecule has 1 aromatic heterocycles. The Balaban J connectivity index is 0.00000441. The molecule has 6 heteroatoms. The van der Waals surface area contributed by atoms with Crippen molar-refractivity contribution in [2.45, 2.75) is 53.2 Å². The Bertz CT molecular complexity index is 396. The van der Waals surface area contributed by atoms with Crippen LogP contribution in [0.1, 0.15) is 40.2 Å². The van der Waals surface area contributed by atoms with Crippen molar-refractivity contribution < 1.29 is 0 Å². The summed E-state index contributed by atoms with van der Waals surface area (Å²) in [5, 5.41) is 11.0. The standard InChI is InChI=1S/C16H30N4S.HI/c1-6-17-16(19-11-15-7-10-21-12-15)18-8-9-20(13(2)3)14(4)5;/h7,10,12-14H,6,8-9,11H2,1-5H3,(H2,17,18,19);1H. The molecule has 22 heavy (non-hydrogen) atoms. The van der Waals surface area contributed by atoms with Gasteiger partial charge in [0.2, 0.25) is 0 Å². The molecule has 0 spiro atoms. The van der Waals surface area contributed by atoms with Gasteiger partial charge < -0.3 is 10.6 Å². The maximum Gasteiger partial charge on any atom is 0.191 e. The molecule has 0 unspecified atom stereocenters. The maximum absolute atomic E-state index is 4.63. The predicted molar refractivity (Wildman–Crippen MR) is 110 cm³/mol. The zero-order chi connectivity index (χ0) is 15.7. The number of thiophene rings is 1. The molecule has 0 atom stereocenters. The summed E-state index contributed by atoms with van der Waals surface area (Å²) in [4.78, 5) is 7.11. The zero-order valence-corrected chi connectivity index (χ0v) is 17.6. The second-order valence-electron chi connectivity index (χ2n) is 5.68. The molecule has 0 aliphatic rings. The van der Waals surface area contributed by atoms with Crippen LogP contribution in [0, 0.1) is 0 Å². The van der Waals surface area contributed by atoms with Crippen LogP contribution in [0.2, 0.25) is 0 Å². The Labute approximate surface area is 156 Å². The van der Waals surface area contributed by atoms with E-state index in [0.717, 1.165) is 32.1 Å². The molecule has 0 fully saturated rings. The molecule has 0 saturated carbocycles. The number of guanidine groups is 1. The van der Waals surface area contributed by atoms with Gasteiger partial charge in [-0.15, -0.1) is 24.0 Å². The van der Waals surface area contributed by atoms with Gasteiger partial charge in [-0.25, -0.2) is 4.99 Å². The Hall–Kier alpha value is -0.340. The number of halogens is 1. The highest BCUT2D eigenvalue weighted by Crippen LogP contribution is 2.07. The lowest BCUT2D eigenvalue weighted by Gasteiger charge is -2.30. The molecule has 0 aliphatic heterocycles. The first-order valence-corrected chi connectivity index (χ1v) is 8.77. The van der Waals surface area contributed by atoms with Crippen molar-refractivity contribution in [3.63, 3.8) is 0 Å². The maximum atomic E-state index is 4.63. The van der Waals surface area contributed by atoms with Gasteiger partial charge in [0.15, 0.2) is 5.96 Å². The third-order valence-electron chi connectivity index (χ3n) is 3.33. The third kappa shape index (κ3) is 8.33. The highest BCUT2D eigenvalue weighted by molar-refractivity contribution is 14.0. The van der Waals surface area contributed by atoms with Crippen molar-refractivity contribution in [1.29, 1.82) is 0 Å². The Kier molecular flexibility index (Phi) is 11.9. The van der Waals surface area contributed by atoms with Crippen LogP contribution in [0.15, 0.2) is 21.8 Å². The first-order chi connectivity index (χ1) is 10.0. The molecule has 4 nitrogen and oxygen atoms in total. The van der Waals surface area contributed by atoms with Gasteiger partial charge in [0.1, 0.15) is 0 Å². The molecule has 0 bridgehead atoms. The Morgan fingerprint density at radius 1 is 1.23 bits per heavy atom. The second-order valence-corrected chi connectivity index (χ2v) is 6.46. The quantitative estimate of drug-likeness (QED) is 0.371. The van der Waals surface area contributed by atoms with Gasteiger partial charge in [-0.1, -0.05) is 0 Å². The lowest BCUT2D eigenvalue weighted by Crippen LogP contribution is -2.45. The molecule has 2 N–H and O–H groups in total. The first-order valence-electron chi connectivity index (χ1n) is 7.83. The Morgan fingerprint density at radius 3 is 2.41 bits per heavy atom. The number of hydrogen-bond acceptors (Lipinski definition) is 3. The van der Waals surface area contributed by atoms with E-state index < -0.39 is 0 Å². The molecule has 0 aliphatic carbocycles. The third-order valence-corrected chi connectivity index (χ3v) is 4.07. The number of hydrogen-bond donors (Lipinski definition) is 2. The number of nitrogens with zero attached hydrogens (tertiary/aromatic N) is 2. The molecular weight excluding hydrogens is 407 g/mol. The van der Waals surface area contributed by atoms with Gasteiger partial charge in [0, 0.05) is 31.7 Å². The molecule has 0 radical (unpaired) electrons. The molecule has 0 amide bonds. The Morgan fingerprint density at radius 2 is 1.91 bits per heavy atom. The van der Waals surface area contributed by atoms with Crippen LogP contribution in [0.25, 0.3) is 0 Å². The van der Waals surface area contributed by atoms with E-state index in [0.29, 0.717) is 12.1 Å². The number of rotatable bonds is 8. The second kappa shape index (κ2) is 12.1. The number of nitrogens with one attached hydrogen (secondary N) is 2. The van der Waals surface area contributed by atoms with Crippen molar-refractivity contribution in [2.24, 2.45) is 4.99 Å². The van der Waals surface area contributed by atoms with Gasteiger partial charge in [0.05, 0.1) is 6.54 Å². The zero-order valence-electron chi connectivity index (χ0n) is 14.4. The summed E-state index contributed by atoms with van der Waals surface area (Å²) in [5.41, 5.74) is 1.27. The van der Waals surface area contributed by atoms with E-state index in [1.165, 1.54) is 5.56 Å². The molecule has 1 heterocycles. The largest absolute Gasteiger partial charge is 0.357 e. The van der Waals surface area contributed by atoms with Crippen molar-refractivity contribution in [3.05, 3.63) is 22.4 Å². The summed E-state index contributed by atoms with van der Waals surface area (Å²) >= 11 is 1.72. The fourth-order valence-electron chi connectivity index (χ4n) is 2.31. The number of aliphatic imine (C=N–C) groups is 1. The lowest BCUT2D eigenvalue weighted by molar-refractivity contribution is 0.178. The molecule has 1 rings (SSSR count). The molecule has 1 aromatic rings. The monoisotopic (exact) mass is 438 g/mol. The van der Waals surface area contributed by atoms with Gasteiger partial charge >= 0.3 is 0 Å². The smallest absolute Gasteiger partial charge is 0.191 e. The average molecular weight is 438 g/mol. The van der Waals surface area contributed by atoms with Crippen LogP contribution >= 0.6 is 35.3 Å². The van der Waals surface area contributed by atoms with E-state index in [9.17, 15) is 0 Å². The SMILES string of the molecule is CCNC(=NCc1ccsc1)NCCN(C(C)C)C(C)C.I. The van der Waals surface area contributed by atoms with Crippen LogP contribution in [-0.2, 0) is 6.54 Å². The van der Waals surface area contributed by atoms with Crippen LogP contribution in [0.3, 0.4) is 0 Å². The van der Waals surface area contributed by atoms with Gasteiger partial charge in [-0.2, -0.15) is 11.3 Å². The van der Waals surface area contributed by atoms with E-state index >= 15 is 0 Å². The van der Waals surface area contributed by atoms with Crippen molar-refractivity contribution in [1.82, 2.24) is 15.5 Å². The minimum Gasteiger partial charge on any atom is -0.357 e. The fourth-order valence-corrected chi connectivity index (χ4v) is 2.97. The van der Waals surface area contributed by atoms with Crippen LogP contribution in [0.5, 0.6) is 0 Å². The highest BCUT2D eigenvalue weighted by Gasteiger charge is 2.12. The fraction of sp³-hybridized carbons (Fsp3) is 0.688. The highest BCUT2D eigenvalue weighted by atomic mass is 127. The topological polar surface area (TPSA) is 39.7 Å². The van der Waals surface area contributed by atoms with Crippen molar-refractivity contribution >= 4 is 41.3 Å². The first kappa shape index (κ1) is 21.7. The molecule has 0 aromatic carbocycles. The predicted octanol–water partition coefficient (Wildman–Crippen LogP) is 3.54. The summed E-state index contributed by atoms with van der Waals surface area (Å²) in [6, 6.07) is 3.26. The van der Waals surface area contributed by atoms with E-state index in [2.05, 4.69) is 72.0 Å². The summed E-state index contributed by atoms with van der Waals surface area (Å²) in [6.07, 6.45) is 0. The summed E-state index contributed by atoms with van der Waals surface area (Å²) in [6.45, 7) is 14.6. The van der Waals surface area contributed by atoms with Crippen LogP contribution < -0.4 is 10.6 Å². The summed E-state index contributed by atoms with van der Waals surface area (Å²) in [5.74, 6) is 0.899. The van der Waals surface area contributed by atoms with E-state index in [4.69, 9.17) is 0 Å². The minimum atomic E-state index is 0. The van der Waals surface area contributed by atoms with Gasteiger partial charge in [-0.05, 0) is 57.0 Å². The van der Waals surface area contributed by atoms with Crippen LogP contribution in [-0.4, -0.2) is 42.6 Å².